The van der Waals surface area contributed by atoms with E-state index in [4.69, 9.17) is 15.0 Å². The minimum atomic E-state index is 0.638. The van der Waals surface area contributed by atoms with Gasteiger partial charge in [-0.3, -0.25) is 0 Å². The van der Waals surface area contributed by atoms with Gasteiger partial charge in [0.25, 0.3) is 0 Å². The quantitative estimate of drug-likeness (QED) is 0.162. The minimum absolute atomic E-state index is 0.638. The lowest BCUT2D eigenvalue weighted by Crippen LogP contribution is -2.01. The third-order valence-corrected chi connectivity index (χ3v) is 14.5. The van der Waals surface area contributed by atoms with Crippen molar-refractivity contribution >= 4 is 96.1 Å². The maximum atomic E-state index is 5.26. The van der Waals surface area contributed by atoms with Crippen LogP contribution < -0.4 is 0 Å². The molecule has 300 valence electrons. The molecule has 0 bridgehead atoms. The Morgan fingerprint density at radius 1 is 0.246 bits per heavy atom. The Hall–Kier alpha value is -8.31. The lowest BCUT2D eigenvalue weighted by Gasteiger charge is -2.17. The van der Waals surface area contributed by atoms with Gasteiger partial charge in [-0.2, -0.15) is 0 Å². The van der Waals surface area contributed by atoms with Crippen LogP contribution in [0.3, 0.4) is 0 Å². The Balaban J connectivity index is 0.964. The van der Waals surface area contributed by atoms with Gasteiger partial charge in [-0.1, -0.05) is 182 Å². The fourth-order valence-corrected chi connectivity index (χ4v) is 11.6. The molecule has 3 nitrogen and oxygen atoms in total. The number of aromatic nitrogens is 3. The molecule has 4 heteroatoms. The summed E-state index contributed by atoms with van der Waals surface area (Å²) < 4.78 is 2.49. The molecular formula is C61H35N3S. The third-order valence-electron chi connectivity index (χ3n) is 13.4. The number of hydrogen-bond acceptors (Lipinski definition) is 4. The van der Waals surface area contributed by atoms with Gasteiger partial charge in [0.15, 0.2) is 17.5 Å². The van der Waals surface area contributed by atoms with E-state index in [0.29, 0.717) is 17.5 Å². The Morgan fingerprint density at radius 3 is 1.51 bits per heavy atom. The average molecular weight is 842 g/mol. The van der Waals surface area contributed by atoms with Crippen LogP contribution in [-0.2, 0) is 0 Å². The van der Waals surface area contributed by atoms with Crippen molar-refractivity contribution in [2.75, 3.05) is 0 Å². The van der Waals surface area contributed by atoms with E-state index in [1.165, 1.54) is 90.4 Å². The Labute approximate surface area is 377 Å². The van der Waals surface area contributed by atoms with E-state index < -0.39 is 0 Å². The number of thiophene rings is 1. The van der Waals surface area contributed by atoms with E-state index in [-0.39, 0.29) is 0 Å². The van der Waals surface area contributed by atoms with Crippen LogP contribution in [-0.4, -0.2) is 15.0 Å². The van der Waals surface area contributed by atoms with Gasteiger partial charge in [-0.05, 0) is 117 Å². The molecule has 0 fully saturated rings. The van der Waals surface area contributed by atoms with Crippen molar-refractivity contribution in [1.29, 1.82) is 0 Å². The lowest BCUT2D eigenvalue weighted by molar-refractivity contribution is 1.07. The second-order valence-corrected chi connectivity index (χ2v) is 18.2. The molecule has 0 saturated heterocycles. The van der Waals surface area contributed by atoms with Gasteiger partial charge < -0.3 is 0 Å². The van der Waals surface area contributed by atoms with E-state index in [9.17, 15) is 0 Å². The van der Waals surface area contributed by atoms with Gasteiger partial charge in [0, 0.05) is 36.9 Å². The monoisotopic (exact) mass is 841 g/mol. The molecule has 12 aromatic carbocycles. The molecule has 0 saturated carbocycles. The lowest BCUT2D eigenvalue weighted by atomic mass is 9.86. The smallest absolute Gasteiger partial charge is 0.164 e. The fraction of sp³-hybridized carbons (Fsp3) is 0. The maximum Gasteiger partial charge on any atom is 0.164 e. The molecule has 2 heterocycles. The molecular weight excluding hydrogens is 807 g/mol. The van der Waals surface area contributed by atoms with E-state index in [1.807, 2.05) is 18.2 Å². The minimum Gasteiger partial charge on any atom is -0.208 e. The van der Waals surface area contributed by atoms with Crippen molar-refractivity contribution < 1.29 is 0 Å². The van der Waals surface area contributed by atoms with Crippen LogP contribution in [0.2, 0.25) is 0 Å². The Kier molecular flexibility index (Phi) is 7.85. The molecule has 65 heavy (non-hydrogen) atoms. The second kappa shape index (κ2) is 14.1. The first-order chi connectivity index (χ1) is 32.2. The molecule has 0 amide bonds. The van der Waals surface area contributed by atoms with Crippen LogP contribution in [0.15, 0.2) is 212 Å². The van der Waals surface area contributed by atoms with Crippen molar-refractivity contribution in [3.05, 3.63) is 212 Å². The molecule has 0 spiro atoms. The summed E-state index contributed by atoms with van der Waals surface area (Å²) >= 11 is 1.80. The summed E-state index contributed by atoms with van der Waals surface area (Å²) in [6.07, 6.45) is 0. The zero-order valence-corrected chi connectivity index (χ0v) is 35.8. The standard InChI is InChI=1S/C61H35N3S/c1-2-12-39(13-3-1)59-62-60(43-30-31-47-46-20-6-7-25-53(46)65-54(47)35-43)64-61(63-59)51-21-5-4-19-45(51)41-18-8-17-40(32-41)44-33-42-29-28-38-15-10-23-49-48-22-9-14-36-26-27-37-16-11-24-50(57(37)55(36)48)52(34-44)58(42)56(38)49/h1-35H. The predicted octanol–water partition coefficient (Wildman–Crippen LogP) is 16.9. The van der Waals surface area contributed by atoms with E-state index >= 15 is 0 Å². The molecule has 0 aliphatic carbocycles. The van der Waals surface area contributed by atoms with Gasteiger partial charge >= 0.3 is 0 Å². The Morgan fingerprint density at radius 2 is 0.769 bits per heavy atom. The number of hydrogen-bond donors (Lipinski definition) is 0. The van der Waals surface area contributed by atoms with Crippen molar-refractivity contribution in [3.63, 3.8) is 0 Å². The maximum absolute atomic E-state index is 5.26. The van der Waals surface area contributed by atoms with Crippen LogP contribution in [0.1, 0.15) is 0 Å². The van der Waals surface area contributed by atoms with Crippen molar-refractivity contribution in [1.82, 2.24) is 15.0 Å². The molecule has 0 unspecified atom stereocenters. The van der Waals surface area contributed by atoms with Crippen molar-refractivity contribution in [2.24, 2.45) is 0 Å². The highest BCUT2D eigenvalue weighted by atomic mass is 32.1. The van der Waals surface area contributed by atoms with Crippen LogP contribution in [0, 0.1) is 0 Å². The first-order valence-corrected chi connectivity index (χ1v) is 22.9. The molecule has 0 atom stereocenters. The largest absolute Gasteiger partial charge is 0.208 e. The molecule has 14 aromatic rings. The molecule has 14 rings (SSSR count). The molecule has 0 radical (unpaired) electrons. The summed E-state index contributed by atoms with van der Waals surface area (Å²) in [6.45, 7) is 0. The zero-order valence-electron chi connectivity index (χ0n) is 35.0. The van der Waals surface area contributed by atoms with Crippen molar-refractivity contribution in [3.8, 4) is 56.4 Å². The Bertz CT molecular complexity index is 4240. The highest BCUT2D eigenvalue weighted by Gasteiger charge is 2.19. The van der Waals surface area contributed by atoms with Gasteiger partial charge in [0.1, 0.15) is 0 Å². The second-order valence-electron chi connectivity index (χ2n) is 17.1. The van der Waals surface area contributed by atoms with Gasteiger partial charge in [-0.15, -0.1) is 11.3 Å². The van der Waals surface area contributed by atoms with E-state index in [1.54, 1.807) is 11.3 Å². The zero-order chi connectivity index (χ0) is 42.6. The number of rotatable bonds is 5. The summed E-state index contributed by atoms with van der Waals surface area (Å²) in [5.41, 5.74) is 7.34. The summed E-state index contributed by atoms with van der Waals surface area (Å²) in [7, 11) is 0. The topological polar surface area (TPSA) is 38.7 Å². The third kappa shape index (κ3) is 5.64. The predicted molar refractivity (Wildman–Crippen MR) is 276 cm³/mol. The van der Waals surface area contributed by atoms with Crippen LogP contribution in [0.5, 0.6) is 0 Å². The highest BCUT2D eigenvalue weighted by Crippen LogP contribution is 2.45. The summed E-state index contributed by atoms with van der Waals surface area (Å²) in [5, 5.41) is 17.8. The van der Waals surface area contributed by atoms with Crippen LogP contribution in [0.4, 0.5) is 0 Å². The first-order valence-electron chi connectivity index (χ1n) is 22.1. The van der Waals surface area contributed by atoms with E-state index in [0.717, 1.165) is 33.4 Å². The molecule has 0 aliphatic heterocycles. The number of fused-ring (bicyclic) bond motifs is 5. The highest BCUT2D eigenvalue weighted by molar-refractivity contribution is 7.25. The SMILES string of the molecule is c1ccc(-c2nc(-c3ccc4c(c3)sc3ccccc34)nc(-c3ccccc3-c3cccc(-c4cc5ccc6cccc7c8cccc9ccc%10cccc(c(c4)c5c67)c%10c98)c3)n2)cc1. The van der Waals surface area contributed by atoms with Gasteiger partial charge in [0.05, 0.1) is 0 Å². The number of benzene rings is 11. The fourth-order valence-electron chi connectivity index (χ4n) is 10.5. The summed E-state index contributed by atoms with van der Waals surface area (Å²) in [5.74, 6) is 1.93. The molecule has 0 aliphatic rings. The first kappa shape index (κ1) is 36.2. The van der Waals surface area contributed by atoms with Crippen molar-refractivity contribution in [2.45, 2.75) is 0 Å². The summed E-state index contributed by atoms with van der Waals surface area (Å²) in [6, 6.07) is 77.2. The van der Waals surface area contributed by atoms with Gasteiger partial charge in [0.2, 0.25) is 0 Å². The molecule has 2 aromatic heterocycles. The van der Waals surface area contributed by atoms with Gasteiger partial charge in [-0.25, -0.2) is 15.0 Å². The number of nitrogens with zero attached hydrogens (tertiary/aromatic N) is 3. The van der Waals surface area contributed by atoms with Crippen LogP contribution in [0.25, 0.3) is 141 Å². The molecule has 0 N–H and O–H groups in total. The summed E-state index contributed by atoms with van der Waals surface area (Å²) in [4.78, 5) is 15.6. The van der Waals surface area contributed by atoms with E-state index in [2.05, 4.69) is 194 Å². The average Bonchev–Trinajstić information content (AvgIpc) is 3.75. The van der Waals surface area contributed by atoms with Crippen LogP contribution >= 0.6 is 11.3 Å². The normalized spacial score (nSPS) is 12.0.